The van der Waals surface area contributed by atoms with Crippen molar-refractivity contribution < 1.29 is 13.2 Å². The SMILES string of the molecule is CCS(=O)(=O)N(CCN1CCCCC1)C1CN(C(=O)c2sc(C)nc2C)C1. The van der Waals surface area contributed by atoms with Gasteiger partial charge in [0.05, 0.1) is 22.5 Å². The lowest BCUT2D eigenvalue weighted by Gasteiger charge is -2.45. The molecule has 27 heavy (non-hydrogen) atoms. The summed E-state index contributed by atoms with van der Waals surface area (Å²) in [7, 11) is -3.28. The maximum atomic E-state index is 12.7. The van der Waals surface area contributed by atoms with Crippen LogP contribution in [0.25, 0.3) is 0 Å². The fourth-order valence-corrected chi connectivity index (χ4v) is 5.98. The Kier molecular flexibility index (Phi) is 6.55. The van der Waals surface area contributed by atoms with E-state index in [0.717, 1.165) is 30.3 Å². The van der Waals surface area contributed by atoms with Gasteiger partial charge in [-0.15, -0.1) is 11.3 Å². The van der Waals surface area contributed by atoms with Gasteiger partial charge in [0.15, 0.2) is 0 Å². The number of hydrogen-bond acceptors (Lipinski definition) is 6. The average molecular weight is 415 g/mol. The highest BCUT2D eigenvalue weighted by Crippen LogP contribution is 2.25. The minimum Gasteiger partial charge on any atom is -0.335 e. The van der Waals surface area contributed by atoms with E-state index in [-0.39, 0.29) is 17.7 Å². The number of piperidine rings is 1. The van der Waals surface area contributed by atoms with Crippen molar-refractivity contribution in [2.45, 2.75) is 46.1 Å². The summed E-state index contributed by atoms with van der Waals surface area (Å²) < 4.78 is 26.8. The zero-order valence-corrected chi connectivity index (χ0v) is 18.1. The molecule has 2 fully saturated rings. The molecule has 0 aromatic carbocycles. The van der Waals surface area contributed by atoms with E-state index in [4.69, 9.17) is 0 Å². The first-order valence-electron chi connectivity index (χ1n) is 9.77. The predicted molar refractivity (Wildman–Crippen MR) is 108 cm³/mol. The van der Waals surface area contributed by atoms with Gasteiger partial charge in [-0.25, -0.2) is 13.4 Å². The van der Waals surface area contributed by atoms with Gasteiger partial charge >= 0.3 is 0 Å². The minimum atomic E-state index is -3.28. The zero-order chi connectivity index (χ0) is 19.6. The van der Waals surface area contributed by atoms with E-state index in [1.807, 2.05) is 13.8 Å². The Morgan fingerprint density at radius 1 is 1.22 bits per heavy atom. The van der Waals surface area contributed by atoms with Crippen molar-refractivity contribution in [2.24, 2.45) is 0 Å². The fraction of sp³-hybridized carbons (Fsp3) is 0.778. The molecule has 7 nitrogen and oxygen atoms in total. The smallest absolute Gasteiger partial charge is 0.265 e. The topological polar surface area (TPSA) is 73.8 Å². The third-order valence-corrected chi connectivity index (χ3v) is 8.45. The summed E-state index contributed by atoms with van der Waals surface area (Å²) >= 11 is 1.41. The van der Waals surface area contributed by atoms with Gasteiger partial charge in [-0.2, -0.15) is 4.31 Å². The molecule has 0 bridgehead atoms. The van der Waals surface area contributed by atoms with Crippen molar-refractivity contribution in [1.82, 2.24) is 19.1 Å². The second-order valence-corrected chi connectivity index (χ2v) is 10.8. The number of carbonyl (C=O) groups excluding carboxylic acids is 1. The van der Waals surface area contributed by atoms with Crippen molar-refractivity contribution in [1.29, 1.82) is 0 Å². The molecule has 152 valence electrons. The van der Waals surface area contributed by atoms with E-state index >= 15 is 0 Å². The van der Waals surface area contributed by atoms with E-state index in [2.05, 4.69) is 9.88 Å². The van der Waals surface area contributed by atoms with Crippen molar-refractivity contribution in [2.75, 3.05) is 45.0 Å². The highest BCUT2D eigenvalue weighted by atomic mass is 32.2. The highest BCUT2D eigenvalue weighted by molar-refractivity contribution is 7.89. The number of nitrogens with zero attached hydrogens (tertiary/aromatic N) is 4. The Balaban J connectivity index is 1.61. The van der Waals surface area contributed by atoms with E-state index in [1.165, 1.54) is 30.6 Å². The molecule has 2 aliphatic rings. The van der Waals surface area contributed by atoms with Crippen LogP contribution in [0, 0.1) is 13.8 Å². The number of carbonyl (C=O) groups is 1. The van der Waals surface area contributed by atoms with Crippen LogP contribution in [0.5, 0.6) is 0 Å². The number of hydrogen-bond donors (Lipinski definition) is 0. The molecule has 3 rings (SSSR count). The number of thiazole rings is 1. The molecule has 2 saturated heterocycles. The van der Waals surface area contributed by atoms with Crippen LogP contribution in [0.4, 0.5) is 0 Å². The van der Waals surface area contributed by atoms with Gasteiger partial charge in [0.1, 0.15) is 4.88 Å². The summed E-state index contributed by atoms with van der Waals surface area (Å²) in [6.45, 7) is 9.76. The minimum absolute atomic E-state index is 0.0285. The fourth-order valence-electron chi connectivity index (χ4n) is 3.81. The molecular weight excluding hydrogens is 384 g/mol. The molecule has 1 amide bonds. The number of aromatic nitrogens is 1. The molecule has 0 aliphatic carbocycles. The average Bonchev–Trinajstić information content (AvgIpc) is 2.95. The first-order valence-corrected chi connectivity index (χ1v) is 12.2. The first-order chi connectivity index (χ1) is 12.8. The lowest BCUT2D eigenvalue weighted by Crippen LogP contribution is -2.63. The molecule has 1 aromatic heterocycles. The van der Waals surface area contributed by atoms with Gasteiger partial charge in [-0.05, 0) is 46.7 Å². The number of aryl methyl sites for hydroxylation is 2. The summed E-state index contributed by atoms with van der Waals surface area (Å²) in [6.07, 6.45) is 3.66. The van der Waals surface area contributed by atoms with Gasteiger partial charge in [0.25, 0.3) is 5.91 Å². The van der Waals surface area contributed by atoms with Crippen LogP contribution in [0.2, 0.25) is 0 Å². The molecular formula is C18H30N4O3S2. The number of likely N-dealkylation sites (tertiary alicyclic amines) is 2. The molecule has 0 radical (unpaired) electrons. The van der Waals surface area contributed by atoms with E-state index < -0.39 is 10.0 Å². The molecule has 0 spiro atoms. The van der Waals surface area contributed by atoms with Gasteiger partial charge in [-0.1, -0.05) is 6.42 Å². The molecule has 0 unspecified atom stereocenters. The third-order valence-electron chi connectivity index (χ3n) is 5.46. The molecule has 9 heteroatoms. The summed E-state index contributed by atoms with van der Waals surface area (Å²) in [4.78, 5) is 21.8. The van der Waals surface area contributed by atoms with Gasteiger partial charge in [-0.3, -0.25) is 4.79 Å². The standard InChI is InChI=1S/C18H30N4O3S2/c1-4-27(24,25)22(11-10-20-8-6-5-7-9-20)16-12-21(13-16)18(23)17-14(2)19-15(3)26-17/h16H,4-13H2,1-3H3. The number of amides is 1. The second-order valence-electron chi connectivity index (χ2n) is 7.42. The largest absolute Gasteiger partial charge is 0.335 e. The molecule has 1 aromatic rings. The molecule has 0 N–H and O–H groups in total. The maximum absolute atomic E-state index is 12.7. The highest BCUT2D eigenvalue weighted by Gasteiger charge is 2.40. The van der Waals surface area contributed by atoms with Crippen LogP contribution in [0.1, 0.15) is 46.6 Å². The van der Waals surface area contributed by atoms with E-state index in [0.29, 0.717) is 24.5 Å². The van der Waals surface area contributed by atoms with Gasteiger partial charge in [0.2, 0.25) is 10.0 Å². The normalized spacial score (nSPS) is 19.5. The lowest BCUT2D eigenvalue weighted by molar-refractivity contribution is 0.0440. The Bertz CT molecular complexity index is 766. The summed E-state index contributed by atoms with van der Waals surface area (Å²) in [5.74, 6) is 0.0733. The van der Waals surface area contributed by atoms with Crippen LogP contribution in [0.15, 0.2) is 0 Å². The van der Waals surface area contributed by atoms with E-state index in [1.54, 1.807) is 16.1 Å². The molecule has 3 heterocycles. The van der Waals surface area contributed by atoms with Gasteiger partial charge < -0.3 is 9.80 Å². The molecule has 0 saturated carbocycles. The van der Waals surface area contributed by atoms with Crippen molar-refractivity contribution >= 4 is 27.3 Å². The zero-order valence-electron chi connectivity index (χ0n) is 16.5. The Morgan fingerprint density at radius 3 is 2.44 bits per heavy atom. The predicted octanol–water partition coefficient (Wildman–Crippen LogP) is 1.72. The number of rotatable bonds is 7. The quantitative estimate of drug-likeness (QED) is 0.679. The Hall–Kier alpha value is -1.03. The summed E-state index contributed by atoms with van der Waals surface area (Å²) in [5.41, 5.74) is 0.758. The van der Waals surface area contributed by atoms with Crippen LogP contribution in [-0.2, 0) is 10.0 Å². The van der Waals surface area contributed by atoms with Crippen LogP contribution in [0.3, 0.4) is 0 Å². The Morgan fingerprint density at radius 2 is 1.89 bits per heavy atom. The summed E-state index contributed by atoms with van der Waals surface area (Å²) in [5, 5.41) is 0.879. The van der Waals surface area contributed by atoms with Crippen molar-refractivity contribution in [3.63, 3.8) is 0 Å². The number of sulfonamides is 1. The third kappa shape index (κ3) is 4.70. The van der Waals surface area contributed by atoms with Crippen molar-refractivity contribution in [3.05, 3.63) is 15.6 Å². The van der Waals surface area contributed by atoms with Crippen molar-refractivity contribution in [3.8, 4) is 0 Å². The van der Waals surface area contributed by atoms with E-state index in [9.17, 15) is 13.2 Å². The van der Waals surface area contributed by atoms with Gasteiger partial charge in [0, 0.05) is 26.2 Å². The van der Waals surface area contributed by atoms with Crippen LogP contribution < -0.4 is 0 Å². The molecule has 0 atom stereocenters. The van der Waals surface area contributed by atoms with Crippen LogP contribution >= 0.6 is 11.3 Å². The lowest BCUT2D eigenvalue weighted by atomic mass is 10.1. The Labute approximate surface area is 166 Å². The van der Waals surface area contributed by atoms with Crippen LogP contribution in [-0.4, -0.2) is 84.5 Å². The summed E-state index contributed by atoms with van der Waals surface area (Å²) in [6, 6.07) is -0.113. The maximum Gasteiger partial charge on any atom is 0.265 e. The molecule has 2 aliphatic heterocycles. The second kappa shape index (κ2) is 8.55. The monoisotopic (exact) mass is 414 g/mol. The first kappa shape index (κ1) is 20.7.